The standard InChI is InChI=1S/C33H41N3O6S/c1-5-25(3)34-33(38)29(20-26-13-7-6-8-14-26)35(22-27-15-10-9-12-24(27)2)32(37)16-11-19-36(43(4,39)40)28-17-18-30-31(21-28)42-23-41-30/h6-10,12-15,17-18,21,25,29H,5,11,16,19-20,22-23H2,1-4H3,(H,34,38)/t25-,29-/m0/s1. The van der Waals surface area contributed by atoms with Crippen molar-refractivity contribution in [3.05, 3.63) is 89.5 Å². The average molecular weight is 608 g/mol. The zero-order chi connectivity index (χ0) is 31.0. The van der Waals surface area contributed by atoms with Gasteiger partial charge in [0.05, 0.1) is 11.9 Å². The van der Waals surface area contributed by atoms with Crippen LogP contribution in [0, 0.1) is 6.92 Å². The summed E-state index contributed by atoms with van der Waals surface area (Å²) in [7, 11) is -3.65. The Balaban J connectivity index is 1.59. The van der Waals surface area contributed by atoms with Gasteiger partial charge in [-0.2, -0.15) is 0 Å². The highest BCUT2D eigenvalue weighted by Gasteiger charge is 2.31. The molecule has 2 atom stereocenters. The SMILES string of the molecule is CC[C@H](C)NC(=O)[C@H](Cc1ccccc1)N(Cc1ccccc1C)C(=O)CCCN(c1ccc2c(c1)OCO2)S(C)(=O)=O. The average Bonchev–Trinajstić information content (AvgIpc) is 3.45. The topological polar surface area (TPSA) is 105 Å². The molecule has 0 aromatic heterocycles. The Morgan fingerprint density at radius 2 is 1.67 bits per heavy atom. The fraction of sp³-hybridized carbons (Fsp3) is 0.394. The number of carbonyl (C=O) groups excluding carboxylic acids is 2. The molecular weight excluding hydrogens is 566 g/mol. The highest BCUT2D eigenvalue weighted by Crippen LogP contribution is 2.36. The van der Waals surface area contributed by atoms with Gasteiger partial charge in [-0.05, 0) is 55.5 Å². The summed E-state index contributed by atoms with van der Waals surface area (Å²) in [5.41, 5.74) is 3.35. The van der Waals surface area contributed by atoms with Crippen LogP contribution >= 0.6 is 0 Å². The lowest BCUT2D eigenvalue weighted by molar-refractivity contribution is -0.141. The summed E-state index contributed by atoms with van der Waals surface area (Å²) in [4.78, 5) is 29.4. The summed E-state index contributed by atoms with van der Waals surface area (Å²) >= 11 is 0. The zero-order valence-corrected chi connectivity index (χ0v) is 26.1. The molecule has 1 aliphatic heterocycles. The first-order chi connectivity index (χ1) is 20.6. The molecule has 43 heavy (non-hydrogen) atoms. The molecule has 3 aromatic rings. The fourth-order valence-electron chi connectivity index (χ4n) is 5.01. The zero-order valence-electron chi connectivity index (χ0n) is 25.3. The van der Waals surface area contributed by atoms with Gasteiger partial charge in [-0.1, -0.05) is 61.5 Å². The smallest absolute Gasteiger partial charge is 0.243 e. The predicted molar refractivity (Wildman–Crippen MR) is 168 cm³/mol. The summed E-state index contributed by atoms with van der Waals surface area (Å²) in [5.74, 6) is 0.600. The maximum Gasteiger partial charge on any atom is 0.243 e. The minimum Gasteiger partial charge on any atom is -0.454 e. The van der Waals surface area contributed by atoms with Crippen LogP contribution in [0.1, 0.15) is 49.8 Å². The molecule has 0 saturated heterocycles. The number of nitrogens with zero attached hydrogens (tertiary/aromatic N) is 2. The van der Waals surface area contributed by atoms with Crippen molar-refractivity contribution in [2.24, 2.45) is 0 Å². The van der Waals surface area contributed by atoms with Crippen LogP contribution in [-0.4, -0.2) is 56.8 Å². The quantitative estimate of drug-likeness (QED) is 0.282. The molecule has 0 saturated carbocycles. The lowest BCUT2D eigenvalue weighted by Crippen LogP contribution is -2.52. The monoisotopic (exact) mass is 607 g/mol. The van der Waals surface area contributed by atoms with Gasteiger partial charge in [0.25, 0.3) is 0 Å². The Hall–Kier alpha value is -4.05. The van der Waals surface area contributed by atoms with Crippen molar-refractivity contribution in [1.29, 1.82) is 0 Å². The number of rotatable bonds is 14. The molecule has 0 bridgehead atoms. The molecular formula is C33H41N3O6S. The lowest BCUT2D eigenvalue weighted by Gasteiger charge is -2.33. The van der Waals surface area contributed by atoms with E-state index in [-0.39, 0.29) is 50.6 Å². The van der Waals surface area contributed by atoms with Crippen molar-refractivity contribution in [2.75, 3.05) is 23.9 Å². The van der Waals surface area contributed by atoms with Crippen LogP contribution in [0.4, 0.5) is 5.69 Å². The minimum absolute atomic E-state index is 0.0498. The number of ether oxygens (including phenoxy) is 2. The molecule has 0 spiro atoms. The van der Waals surface area contributed by atoms with Crippen LogP contribution in [0.3, 0.4) is 0 Å². The van der Waals surface area contributed by atoms with E-state index in [1.54, 1.807) is 23.1 Å². The predicted octanol–water partition coefficient (Wildman–Crippen LogP) is 4.82. The van der Waals surface area contributed by atoms with E-state index in [0.29, 0.717) is 23.6 Å². The van der Waals surface area contributed by atoms with Gasteiger partial charge >= 0.3 is 0 Å². The Morgan fingerprint density at radius 1 is 0.977 bits per heavy atom. The number of anilines is 1. The first-order valence-electron chi connectivity index (χ1n) is 14.6. The van der Waals surface area contributed by atoms with E-state index < -0.39 is 16.1 Å². The van der Waals surface area contributed by atoms with Crippen LogP contribution < -0.4 is 19.1 Å². The number of aryl methyl sites for hydroxylation is 1. The molecule has 2 amide bonds. The molecule has 230 valence electrons. The van der Waals surface area contributed by atoms with Crippen molar-refractivity contribution >= 4 is 27.5 Å². The number of benzene rings is 3. The van der Waals surface area contributed by atoms with E-state index in [9.17, 15) is 18.0 Å². The summed E-state index contributed by atoms with van der Waals surface area (Å²) in [6, 6.07) is 21.6. The van der Waals surface area contributed by atoms with Gasteiger partial charge in [0.15, 0.2) is 11.5 Å². The van der Waals surface area contributed by atoms with Crippen molar-refractivity contribution in [1.82, 2.24) is 10.2 Å². The second-order valence-electron chi connectivity index (χ2n) is 10.9. The van der Waals surface area contributed by atoms with Gasteiger partial charge in [-0.25, -0.2) is 8.42 Å². The number of amides is 2. The number of nitrogens with one attached hydrogen (secondary N) is 1. The van der Waals surface area contributed by atoms with Crippen LogP contribution in [-0.2, 0) is 32.6 Å². The molecule has 4 rings (SSSR count). The van der Waals surface area contributed by atoms with Gasteiger partial charge in [-0.15, -0.1) is 0 Å². The fourth-order valence-corrected chi connectivity index (χ4v) is 5.97. The third-order valence-electron chi connectivity index (χ3n) is 7.67. The molecule has 1 N–H and O–H groups in total. The second-order valence-corrected chi connectivity index (χ2v) is 12.9. The maximum atomic E-state index is 14.0. The number of hydrogen-bond acceptors (Lipinski definition) is 6. The maximum absolute atomic E-state index is 14.0. The van der Waals surface area contributed by atoms with E-state index in [1.165, 1.54) is 4.31 Å². The summed E-state index contributed by atoms with van der Waals surface area (Å²) in [5, 5.41) is 3.08. The van der Waals surface area contributed by atoms with Gasteiger partial charge in [0, 0.05) is 38.0 Å². The molecule has 1 heterocycles. The van der Waals surface area contributed by atoms with Crippen molar-refractivity contribution in [2.45, 2.75) is 65.1 Å². The largest absolute Gasteiger partial charge is 0.454 e. The Kier molecular flexibility index (Phi) is 10.7. The van der Waals surface area contributed by atoms with Gasteiger partial charge in [0.2, 0.25) is 28.6 Å². The van der Waals surface area contributed by atoms with E-state index in [1.807, 2.05) is 75.4 Å². The van der Waals surface area contributed by atoms with Gasteiger partial charge in [-0.3, -0.25) is 13.9 Å². The molecule has 3 aromatic carbocycles. The molecule has 0 fully saturated rings. The second kappa shape index (κ2) is 14.4. The van der Waals surface area contributed by atoms with Crippen molar-refractivity contribution in [3.8, 4) is 11.5 Å². The van der Waals surface area contributed by atoms with Gasteiger partial charge in [0.1, 0.15) is 6.04 Å². The number of sulfonamides is 1. The van der Waals surface area contributed by atoms with E-state index in [0.717, 1.165) is 29.4 Å². The van der Waals surface area contributed by atoms with E-state index >= 15 is 0 Å². The minimum atomic E-state index is -3.65. The first-order valence-corrected chi connectivity index (χ1v) is 16.5. The van der Waals surface area contributed by atoms with Crippen molar-refractivity contribution < 1.29 is 27.5 Å². The summed E-state index contributed by atoms with van der Waals surface area (Å²) in [6.07, 6.45) is 2.57. The molecule has 0 aliphatic carbocycles. The Bertz CT molecular complexity index is 1510. The number of hydrogen-bond donors (Lipinski definition) is 1. The molecule has 10 heteroatoms. The van der Waals surface area contributed by atoms with E-state index in [2.05, 4.69) is 5.32 Å². The van der Waals surface area contributed by atoms with Crippen LogP contribution in [0.5, 0.6) is 11.5 Å². The first kappa shape index (κ1) is 31.9. The Labute approximate surface area is 254 Å². The summed E-state index contributed by atoms with van der Waals surface area (Å²) in [6.45, 7) is 6.36. The third-order valence-corrected chi connectivity index (χ3v) is 8.86. The highest BCUT2D eigenvalue weighted by molar-refractivity contribution is 7.92. The van der Waals surface area contributed by atoms with Crippen LogP contribution in [0.15, 0.2) is 72.8 Å². The highest BCUT2D eigenvalue weighted by atomic mass is 32.2. The lowest BCUT2D eigenvalue weighted by atomic mass is 10.0. The van der Waals surface area contributed by atoms with Crippen LogP contribution in [0.2, 0.25) is 0 Å². The van der Waals surface area contributed by atoms with E-state index in [4.69, 9.17) is 9.47 Å². The summed E-state index contributed by atoms with van der Waals surface area (Å²) < 4.78 is 37.6. The number of carbonyl (C=O) groups is 2. The number of fused-ring (bicyclic) bond motifs is 1. The van der Waals surface area contributed by atoms with Crippen molar-refractivity contribution in [3.63, 3.8) is 0 Å². The molecule has 0 unspecified atom stereocenters. The molecule has 1 aliphatic rings. The third kappa shape index (κ3) is 8.50. The molecule has 0 radical (unpaired) electrons. The van der Waals surface area contributed by atoms with Gasteiger partial charge < -0.3 is 19.7 Å². The Morgan fingerprint density at radius 3 is 2.37 bits per heavy atom. The normalized spacial score (nSPS) is 13.7. The van der Waals surface area contributed by atoms with Crippen LogP contribution in [0.25, 0.3) is 0 Å². The molecule has 9 nitrogen and oxygen atoms in total.